The molecule has 8 heteroatoms. The molecule has 1 aliphatic heterocycles. The van der Waals surface area contributed by atoms with E-state index in [0.29, 0.717) is 40.2 Å². The highest BCUT2D eigenvalue weighted by atomic mass is 35.5. The largest absolute Gasteiger partial charge is 0.494 e. The van der Waals surface area contributed by atoms with Crippen molar-refractivity contribution >= 4 is 46.6 Å². The lowest BCUT2D eigenvalue weighted by Gasteiger charge is -2.19. The number of benzene rings is 3. The molecule has 0 aromatic heterocycles. The number of hydrogen-bond donors (Lipinski definition) is 1. The van der Waals surface area contributed by atoms with Gasteiger partial charge in [-0.25, -0.2) is 0 Å². The Balaban J connectivity index is 1.73. The molecule has 3 aromatic carbocycles. The van der Waals surface area contributed by atoms with E-state index in [4.69, 9.17) is 16.3 Å². The van der Waals surface area contributed by atoms with Crippen molar-refractivity contribution in [3.8, 4) is 11.8 Å². The number of amides is 2. The highest BCUT2D eigenvalue weighted by molar-refractivity contribution is 8.05. The summed E-state index contributed by atoms with van der Waals surface area (Å²) in [6, 6.07) is 23.7. The second-order valence-corrected chi connectivity index (χ2v) is 9.73. The molecule has 6 nitrogen and oxygen atoms in total. The molecule has 0 aliphatic carbocycles. The fourth-order valence-corrected chi connectivity index (χ4v) is 5.38. The van der Waals surface area contributed by atoms with Crippen LogP contribution in [0.3, 0.4) is 0 Å². The summed E-state index contributed by atoms with van der Waals surface area (Å²) in [5.41, 5.74) is 2.79. The van der Waals surface area contributed by atoms with Gasteiger partial charge in [0.2, 0.25) is 5.91 Å². The first-order chi connectivity index (χ1) is 17.4. The van der Waals surface area contributed by atoms with Crippen molar-refractivity contribution in [2.24, 2.45) is 0 Å². The van der Waals surface area contributed by atoms with Gasteiger partial charge in [-0.05, 0) is 73.9 Å². The normalized spacial score (nSPS) is 16.4. The van der Waals surface area contributed by atoms with Gasteiger partial charge in [0.1, 0.15) is 22.4 Å². The van der Waals surface area contributed by atoms with Gasteiger partial charge in [-0.1, -0.05) is 53.7 Å². The minimum atomic E-state index is -0.568. The summed E-state index contributed by atoms with van der Waals surface area (Å²) in [7, 11) is 0. The number of para-hydroxylation sites is 1. The number of thioether (sulfide) groups is 1. The number of nitrogens with one attached hydrogen (secondary N) is 1. The fourth-order valence-electron chi connectivity index (χ4n) is 3.86. The summed E-state index contributed by atoms with van der Waals surface area (Å²) in [4.78, 5) is 28.3. The molecule has 1 atom stereocenters. The van der Waals surface area contributed by atoms with E-state index in [0.717, 1.165) is 11.1 Å². The Labute approximate surface area is 219 Å². The zero-order valence-corrected chi connectivity index (χ0v) is 21.4. The van der Waals surface area contributed by atoms with Crippen LogP contribution in [0.1, 0.15) is 18.1 Å². The van der Waals surface area contributed by atoms with Gasteiger partial charge < -0.3 is 10.1 Å². The standard InChI is InChI=1S/C28H24ClN3O3S/c1-3-35-22-13-11-21(12-14-22)32-27(34)25(16-19-8-6-9-20(29)15-19)36-28(32)23(17-30)26(33)31-24-10-5-4-7-18(24)2/h4-15,25H,3,16H2,1-2H3,(H,31,33)/b28-23-. The maximum Gasteiger partial charge on any atom is 0.269 e. The number of hydrogen-bond acceptors (Lipinski definition) is 5. The molecule has 0 bridgehead atoms. The molecule has 4 rings (SSSR count). The van der Waals surface area contributed by atoms with E-state index in [1.165, 1.54) is 16.7 Å². The lowest BCUT2D eigenvalue weighted by Crippen LogP contribution is -2.31. The Morgan fingerprint density at radius 3 is 2.56 bits per heavy atom. The number of aryl methyl sites for hydroxylation is 1. The second kappa shape index (κ2) is 11.3. The van der Waals surface area contributed by atoms with Gasteiger partial charge in [0.25, 0.3) is 5.91 Å². The molecule has 182 valence electrons. The van der Waals surface area contributed by atoms with Crippen LogP contribution in [-0.2, 0) is 16.0 Å². The molecule has 1 heterocycles. The molecule has 0 radical (unpaired) electrons. The van der Waals surface area contributed by atoms with Gasteiger partial charge >= 0.3 is 0 Å². The van der Waals surface area contributed by atoms with Crippen molar-refractivity contribution in [3.63, 3.8) is 0 Å². The van der Waals surface area contributed by atoms with Crippen LogP contribution in [0.5, 0.6) is 5.75 Å². The van der Waals surface area contributed by atoms with Crippen LogP contribution in [0.15, 0.2) is 83.4 Å². The quantitative estimate of drug-likeness (QED) is 0.302. The molecule has 0 spiro atoms. The van der Waals surface area contributed by atoms with E-state index in [2.05, 4.69) is 5.32 Å². The summed E-state index contributed by atoms with van der Waals surface area (Å²) in [5, 5.41) is 13.2. The fraction of sp³-hybridized carbons (Fsp3) is 0.179. The third kappa shape index (κ3) is 5.56. The summed E-state index contributed by atoms with van der Waals surface area (Å²) in [6.45, 7) is 4.28. The zero-order valence-electron chi connectivity index (χ0n) is 19.8. The number of ether oxygens (including phenoxy) is 1. The highest BCUT2D eigenvalue weighted by Gasteiger charge is 2.41. The van der Waals surface area contributed by atoms with Gasteiger partial charge in [-0.15, -0.1) is 0 Å². The minimum absolute atomic E-state index is 0.126. The van der Waals surface area contributed by atoms with Gasteiger partial charge in [-0.3, -0.25) is 14.5 Å². The molecule has 1 fully saturated rings. The van der Waals surface area contributed by atoms with Gasteiger partial charge in [0.15, 0.2) is 0 Å². The average Bonchev–Trinajstić information content (AvgIpc) is 3.17. The summed E-state index contributed by atoms with van der Waals surface area (Å²) < 4.78 is 5.52. The van der Waals surface area contributed by atoms with E-state index >= 15 is 0 Å². The molecule has 1 aliphatic rings. The number of carbonyl (C=O) groups is 2. The topological polar surface area (TPSA) is 82.4 Å². The van der Waals surface area contributed by atoms with Crippen LogP contribution in [0.25, 0.3) is 0 Å². The van der Waals surface area contributed by atoms with E-state index in [9.17, 15) is 14.9 Å². The maximum absolute atomic E-state index is 13.6. The van der Waals surface area contributed by atoms with E-state index in [1.54, 1.807) is 36.4 Å². The van der Waals surface area contributed by atoms with E-state index in [-0.39, 0.29) is 11.5 Å². The molecule has 36 heavy (non-hydrogen) atoms. The molecule has 1 saturated heterocycles. The van der Waals surface area contributed by atoms with Crippen molar-refractivity contribution < 1.29 is 14.3 Å². The van der Waals surface area contributed by atoms with Gasteiger partial charge in [0, 0.05) is 16.4 Å². The molecule has 2 amide bonds. The number of nitrogens with zero attached hydrogens (tertiary/aromatic N) is 2. The highest BCUT2D eigenvalue weighted by Crippen LogP contribution is 2.42. The Morgan fingerprint density at radius 1 is 1.14 bits per heavy atom. The van der Waals surface area contributed by atoms with E-state index < -0.39 is 11.2 Å². The van der Waals surface area contributed by atoms with Crippen molar-refractivity contribution in [3.05, 3.63) is 99.5 Å². The lowest BCUT2D eigenvalue weighted by molar-refractivity contribution is -0.117. The number of carbonyl (C=O) groups excluding carboxylic acids is 2. The third-order valence-corrected chi connectivity index (χ3v) is 7.11. The minimum Gasteiger partial charge on any atom is -0.494 e. The molecular formula is C28H24ClN3O3S. The smallest absolute Gasteiger partial charge is 0.269 e. The van der Waals surface area contributed by atoms with Crippen LogP contribution < -0.4 is 15.0 Å². The molecule has 0 saturated carbocycles. The number of nitriles is 1. The summed E-state index contributed by atoms with van der Waals surface area (Å²) >= 11 is 7.36. The number of anilines is 2. The zero-order chi connectivity index (χ0) is 25.7. The lowest BCUT2D eigenvalue weighted by atomic mass is 10.1. The van der Waals surface area contributed by atoms with Crippen molar-refractivity contribution in [1.29, 1.82) is 5.26 Å². The summed E-state index contributed by atoms with van der Waals surface area (Å²) in [5.74, 6) is -0.114. The van der Waals surface area contributed by atoms with Crippen LogP contribution in [-0.4, -0.2) is 23.7 Å². The maximum atomic E-state index is 13.6. The first-order valence-corrected chi connectivity index (χ1v) is 12.7. The molecule has 1 unspecified atom stereocenters. The van der Waals surface area contributed by atoms with Crippen LogP contribution >= 0.6 is 23.4 Å². The van der Waals surface area contributed by atoms with E-state index in [1.807, 2.05) is 56.3 Å². The number of rotatable bonds is 7. The Bertz CT molecular complexity index is 1360. The number of halogens is 1. The van der Waals surface area contributed by atoms with Crippen LogP contribution in [0.4, 0.5) is 11.4 Å². The molecule has 3 aromatic rings. The van der Waals surface area contributed by atoms with Gasteiger partial charge in [-0.2, -0.15) is 5.26 Å². The van der Waals surface area contributed by atoms with Gasteiger partial charge in [0.05, 0.1) is 11.9 Å². The van der Waals surface area contributed by atoms with Crippen molar-refractivity contribution in [1.82, 2.24) is 0 Å². The average molecular weight is 518 g/mol. The van der Waals surface area contributed by atoms with Crippen molar-refractivity contribution in [2.45, 2.75) is 25.5 Å². The Morgan fingerprint density at radius 2 is 1.89 bits per heavy atom. The third-order valence-electron chi connectivity index (χ3n) is 5.61. The predicted octanol–water partition coefficient (Wildman–Crippen LogP) is 6.11. The Hall–Kier alpha value is -3.73. The Kier molecular flexibility index (Phi) is 7.99. The molecular weight excluding hydrogens is 494 g/mol. The van der Waals surface area contributed by atoms with Crippen LogP contribution in [0.2, 0.25) is 5.02 Å². The molecule has 1 N–H and O–H groups in total. The summed E-state index contributed by atoms with van der Waals surface area (Å²) in [6.07, 6.45) is 0.402. The van der Waals surface area contributed by atoms with Crippen molar-refractivity contribution in [2.75, 3.05) is 16.8 Å². The second-order valence-electron chi connectivity index (χ2n) is 8.10. The first-order valence-electron chi connectivity index (χ1n) is 11.4. The predicted molar refractivity (Wildman–Crippen MR) is 144 cm³/mol. The monoisotopic (exact) mass is 517 g/mol. The first kappa shape index (κ1) is 25.4. The SMILES string of the molecule is CCOc1ccc(N2C(=O)C(Cc3cccc(Cl)c3)S/C2=C(/C#N)C(=O)Nc2ccccc2C)cc1. The van der Waals surface area contributed by atoms with Crippen LogP contribution in [0, 0.1) is 18.3 Å².